The SMILES string of the molecule is CC/C=C\C/C=C\C/C=C\C/C=C\C/C=C\CCCCCCCCCCCC(=O)OC(COCCCCCCCCCCCC/C=C\CCCCCCCC)COC1OC(COC2OC(CO)C(O)C(O)C2O)C(O)C(O)C1O. The first-order valence-electron chi connectivity index (χ1n) is 31.5. The first-order chi connectivity index (χ1) is 38.6. The van der Waals surface area contributed by atoms with E-state index in [1.54, 1.807) is 0 Å². The molecular weight excluding hydrogens is 1000 g/mol. The third-order valence-electron chi connectivity index (χ3n) is 14.7. The average molecular weight is 1120 g/mol. The lowest BCUT2D eigenvalue weighted by atomic mass is 9.98. The van der Waals surface area contributed by atoms with E-state index in [-0.39, 0.29) is 25.6 Å². The second-order valence-electron chi connectivity index (χ2n) is 21.8. The zero-order valence-corrected chi connectivity index (χ0v) is 49.3. The van der Waals surface area contributed by atoms with Crippen LogP contribution in [0.15, 0.2) is 72.9 Å². The number of esters is 1. The number of carbonyl (C=O) groups is 1. The molecule has 2 fully saturated rings. The normalized spacial score (nSPS) is 24.5. The van der Waals surface area contributed by atoms with Crippen LogP contribution in [-0.4, -0.2) is 142 Å². The molecule has 2 heterocycles. The Morgan fingerprint density at radius 3 is 1.30 bits per heavy atom. The molecule has 2 aliphatic heterocycles. The fourth-order valence-electron chi connectivity index (χ4n) is 9.66. The molecule has 0 saturated carbocycles. The van der Waals surface area contributed by atoms with Crippen molar-refractivity contribution in [3.8, 4) is 0 Å². The quantitative estimate of drug-likeness (QED) is 0.0172. The van der Waals surface area contributed by atoms with Crippen molar-refractivity contribution in [1.82, 2.24) is 0 Å². The van der Waals surface area contributed by atoms with Crippen molar-refractivity contribution in [2.45, 2.75) is 300 Å². The Kier molecular flexibility index (Phi) is 46.9. The van der Waals surface area contributed by atoms with Gasteiger partial charge in [0.25, 0.3) is 0 Å². The fraction of sp³-hybridized carbons (Fsp3) is 0.800. The van der Waals surface area contributed by atoms with Gasteiger partial charge in [0.15, 0.2) is 12.6 Å². The number of aliphatic hydroxyl groups is 7. The third kappa shape index (κ3) is 37.3. The summed E-state index contributed by atoms with van der Waals surface area (Å²) in [5.74, 6) is -0.383. The van der Waals surface area contributed by atoms with Crippen LogP contribution in [-0.2, 0) is 33.2 Å². The number of carbonyl (C=O) groups excluding carboxylic acids is 1. The van der Waals surface area contributed by atoms with E-state index in [9.17, 15) is 40.5 Å². The number of allylic oxidation sites excluding steroid dienone is 12. The molecule has 458 valence electrons. The van der Waals surface area contributed by atoms with Crippen molar-refractivity contribution in [2.75, 3.05) is 33.0 Å². The maximum absolute atomic E-state index is 13.1. The summed E-state index contributed by atoms with van der Waals surface area (Å²) in [7, 11) is 0. The number of hydrogen-bond acceptors (Lipinski definition) is 14. The lowest BCUT2D eigenvalue weighted by molar-refractivity contribution is -0.332. The highest BCUT2D eigenvalue weighted by Gasteiger charge is 2.47. The van der Waals surface area contributed by atoms with E-state index in [1.807, 2.05) is 0 Å². The first kappa shape index (κ1) is 72.5. The van der Waals surface area contributed by atoms with Gasteiger partial charge >= 0.3 is 5.97 Å². The number of hydrogen-bond donors (Lipinski definition) is 7. The molecule has 79 heavy (non-hydrogen) atoms. The van der Waals surface area contributed by atoms with Crippen LogP contribution in [0.3, 0.4) is 0 Å². The van der Waals surface area contributed by atoms with E-state index in [0.29, 0.717) is 13.0 Å². The second kappa shape index (κ2) is 51.1. The molecule has 0 aromatic heterocycles. The van der Waals surface area contributed by atoms with Gasteiger partial charge in [-0.3, -0.25) is 4.79 Å². The van der Waals surface area contributed by atoms with E-state index in [2.05, 4.69) is 86.8 Å². The Bertz CT molecular complexity index is 1580. The van der Waals surface area contributed by atoms with Crippen molar-refractivity contribution in [2.24, 2.45) is 0 Å². The van der Waals surface area contributed by atoms with Crippen molar-refractivity contribution >= 4 is 5.97 Å². The average Bonchev–Trinajstić information content (AvgIpc) is 3.46. The second-order valence-corrected chi connectivity index (χ2v) is 21.8. The highest BCUT2D eigenvalue weighted by molar-refractivity contribution is 5.69. The number of aliphatic hydroxyl groups excluding tert-OH is 7. The van der Waals surface area contributed by atoms with Gasteiger partial charge < -0.3 is 64.2 Å². The Balaban J connectivity index is 1.69. The maximum atomic E-state index is 13.1. The summed E-state index contributed by atoms with van der Waals surface area (Å²) in [6, 6.07) is 0. The minimum Gasteiger partial charge on any atom is -0.457 e. The summed E-state index contributed by atoms with van der Waals surface area (Å²) < 4.78 is 34.5. The fourth-order valence-corrected chi connectivity index (χ4v) is 9.66. The summed E-state index contributed by atoms with van der Waals surface area (Å²) >= 11 is 0. The molecule has 0 aromatic rings. The van der Waals surface area contributed by atoms with Crippen LogP contribution in [0, 0.1) is 0 Å². The molecule has 11 atom stereocenters. The van der Waals surface area contributed by atoms with Crippen molar-refractivity contribution in [3.63, 3.8) is 0 Å². The monoisotopic (exact) mass is 1120 g/mol. The molecule has 0 aliphatic carbocycles. The number of rotatable bonds is 51. The van der Waals surface area contributed by atoms with Crippen molar-refractivity contribution < 1.29 is 69.0 Å². The summed E-state index contributed by atoms with van der Waals surface area (Å²) in [5, 5.41) is 72.5. The predicted octanol–water partition coefficient (Wildman–Crippen LogP) is 12.2. The highest BCUT2D eigenvalue weighted by Crippen LogP contribution is 2.27. The number of ether oxygens (including phenoxy) is 6. The van der Waals surface area contributed by atoms with Crippen LogP contribution in [0.4, 0.5) is 0 Å². The molecule has 0 radical (unpaired) electrons. The summed E-state index contributed by atoms with van der Waals surface area (Å²) in [6.45, 7) is 3.58. The zero-order valence-electron chi connectivity index (χ0n) is 49.3. The van der Waals surface area contributed by atoms with E-state index in [1.165, 1.54) is 128 Å². The summed E-state index contributed by atoms with van der Waals surface area (Å²) in [6.07, 6.45) is 49.6. The molecule has 0 spiro atoms. The lowest BCUT2D eigenvalue weighted by Crippen LogP contribution is -2.61. The molecule has 0 aromatic carbocycles. The van der Waals surface area contributed by atoms with Gasteiger partial charge in [0.2, 0.25) is 0 Å². The summed E-state index contributed by atoms with van der Waals surface area (Å²) in [5.41, 5.74) is 0. The topological polar surface area (TPSA) is 214 Å². The molecule has 2 aliphatic rings. The summed E-state index contributed by atoms with van der Waals surface area (Å²) in [4.78, 5) is 13.1. The third-order valence-corrected chi connectivity index (χ3v) is 14.7. The van der Waals surface area contributed by atoms with Gasteiger partial charge in [-0.2, -0.15) is 0 Å². The largest absolute Gasteiger partial charge is 0.457 e. The van der Waals surface area contributed by atoms with Gasteiger partial charge in [-0.05, 0) is 83.5 Å². The van der Waals surface area contributed by atoms with E-state index >= 15 is 0 Å². The van der Waals surface area contributed by atoms with E-state index in [4.69, 9.17) is 28.4 Å². The van der Waals surface area contributed by atoms with Gasteiger partial charge in [0.1, 0.15) is 54.9 Å². The molecular formula is C65H114O14. The Morgan fingerprint density at radius 2 is 0.823 bits per heavy atom. The Morgan fingerprint density at radius 1 is 0.430 bits per heavy atom. The standard InChI is InChI=1S/C65H114O14/c1-3-5-7-9-11-13-15-17-19-21-23-25-26-27-28-29-30-32-34-36-38-40-42-44-46-48-57(67)77-54(51-74-49-47-45-43-41-39-37-35-33-31-24-22-20-18-16-14-12-10-8-6-4-2)52-75-64-63(73)61(71)59(69)56(79-64)53-76-65-62(72)60(70)58(68)55(50-66)78-65/h5,7,11,13,17-20,23,25,27-28,54-56,58-66,68-73H,3-4,6,8-10,12,14-16,21-22,24,26,29-53H2,1-2H3/b7-5-,13-11-,19-17-,20-18-,25-23-,28-27-. The molecule has 14 heteroatoms. The van der Waals surface area contributed by atoms with Crippen LogP contribution in [0.25, 0.3) is 0 Å². The highest BCUT2D eigenvalue weighted by atomic mass is 16.7. The maximum Gasteiger partial charge on any atom is 0.306 e. The van der Waals surface area contributed by atoms with Gasteiger partial charge in [-0.1, -0.05) is 215 Å². The van der Waals surface area contributed by atoms with Crippen LogP contribution in [0.1, 0.15) is 232 Å². The van der Waals surface area contributed by atoms with Gasteiger partial charge in [0, 0.05) is 13.0 Å². The first-order valence-corrected chi connectivity index (χ1v) is 31.5. The van der Waals surface area contributed by atoms with Crippen LogP contribution in [0.2, 0.25) is 0 Å². The smallest absolute Gasteiger partial charge is 0.306 e. The van der Waals surface area contributed by atoms with E-state index in [0.717, 1.165) is 77.0 Å². The van der Waals surface area contributed by atoms with Gasteiger partial charge in [-0.15, -0.1) is 0 Å². The van der Waals surface area contributed by atoms with Crippen LogP contribution in [0.5, 0.6) is 0 Å². The molecule has 2 rings (SSSR count). The zero-order chi connectivity index (χ0) is 57.2. The predicted molar refractivity (Wildman–Crippen MR) is 316 cm³/mol. The Labute approximate surface area is 478 Å². The molecule has 2 saturated heterocycles. The minimum atomic E-state index is -1.71. The molecule has 14 nitrogen and oxygen atoms in total. The lowest BCUT2D eigenvalue weighted by Gasteiger charge is -2.42. The van der Waals surface area contributed by atoms with Gasteiger partial charge in [-0.25, -0.2) is 0 Å². The van der Waals surface area contributed by atoms with Crippen LogP contribution >= 0.6 is 0 Å². The van der Waals surface area contributed by atoms with Gasteiger partial charge in [0.05, 0.1) is 26.4 Å². The molecule has 0 amide bonds. The molecule has 11 unspecified atom stereocenters. The Hall–Kier alpha value is -2.57. The molecule has 0 bridgehead atoms. The van der Waals surface area contributed by atoms with Crippen molar-refractivity contribution in [1.29, 1.82) is 0 Å². The minimum absolute atomic E-state index is 0.0562. The number of unbranched alkanes of at least 4 members (excludes halogenated alkanes) is 25. The van der Waals surface area contributed by atoms with Crippen molar-refractivity contribution in [3.05, 3.63) is 72.9 Å². The molecule has 7 N–H and O–H groups in total. The van der Waals surface area contributed by atoms with E-state index < -0.39 is 80.7 Å². The van der Waals surface area contributed by atoms with Crippen LogP contribution < -0.4 is 0 Å².